The molecular formula is C23H27ClN2O3S. The summed E-state index contributed by atoms with van der Waals surface area (Å²) in [6.45, 7) is 0.658. The van der Waals surface area contributed by atoms with Gasteiger partial charge < -0.3 is 5.32 Å². The van der Waals surface area contributed by atoms with Gasteiger partial charge in [0.25, 0.3) is 10.0 Å². The third-order valence-electron chi connectivity index (χ3n) is 5.29. The van der Waals surface area contributed by atoms with Crippen molar-refractivity contribution in [2.45, 2.75) is 43.4 Å². The summed E-state index contributed by atoms with van der Waals surface area (Å²) in [5, 5.41) is 3.45. The molecule has 160 valence electrons. The smallest absolute Gasteiger partial charge is 0.264 e. The molecule has 0 spiro atoms. The number of amides is 1. The number of benzene rings is 2. The fourth-order valence-corrected chi connectivity index (χ4v) is 4.79. The van der Waals surface area contributed by atoms with E-state index in [1.165, 1.54) is 41.9 Å². The number of allylic oxidation sites excluding steroid dienone is 1. The van der Waals surface area contributed by atoms with E-state index in [1.54, 1.807) is 36.4 Å². The summed E-state index contributed by atoms with van der Waals surface area (Å²) in [4.78, 5) is 12.4. The number of nitrogens with zero attached hydrogens (tertiary/aromatic N) is 1. The Labute approximate surface area is 183 Å². The van der Waals surface area contributed by atoms with Crippen LogP contribution >= 0.6 is 11.6 Å². The second-order valence-electron chi connectivity index (χ2n) is 7.48. The van der Waals surface area contributed by atoms with E-state index in [0.717, 1.165) is 24.8 Å². The maximum absolute atomic E-state index is 12.8. The second kappa shape index (κ2) is 10.1. The quantitative estimate of drug-likeness (QED) is 0.597. The van der Waals surface area contributed by atoms with E-state index in [2.05, 4.69) is 11.4 Å². The molecule has 1 N–H and O–H groups in total. The zero-order chi connectivity index (χ0) is 21.6. The van der Waals surface area contributed by atoms with Crippen molar-refractivity contribution in [1.82, 2.24) is 5.32 Å². The number of carbonyl (C=O) groups excluding carboxylic acids is 1. The minimum atomic E-state index is -3.68. The highest BCUT2D eigenvalue weighted by Gasteiger charge is 2.21. The first-order valence-electron chi connectivity index (χ1n) is 10.1. The minimum absolute atomic E-state index is 0.0266. The highest BCUT2D eigenvalue weighted by Crippen LogP contribution is 2.24. The number of hydrogen-bond acceptors (Lipinski definition) is 3. The van der Waals surface area contributed by atoms with Crippen LogP contribution in [0.25, 0.3) is 0 Å². The van der Waals surface area contributed by atoms with Crippen LogP contribution in [-0.2, 0) is 21.2 Å². The third kappa shape index (κ3) is 5.86. The van der Waals surface area contributed by atoms with E-state index in [4.69, 9.17) is 11.6 Å². The molecule has 0 heterocycles. The van der Waals surface area contributed by atoms with Crippen molar-refractivity contribution < 1.29 is 13.2 Å². The molecule has 0 atom stereocenters. The lowest BCUT2D eigenvalue weighted by atomic mass is 9.97. The van der Waals surface area contributed by atoms with Gasteiger partial charge in [-0.15, -0.1) is 0 Å². The average Bonchev–Trinajstić information content (AvgIpc) is 2.75. The topological polar surface area (TPSA) is 66.5 Å². The Hall–Kier alpha value is -2.31. The van der Waals surface area contributed by atoms with Gasteiger partial charge in [0.15, 0.2) is 0 Å². The number of rotatable bonds is 8. The first-order chi connectivity index (χ1) is 14.4. The summed E-state index contributed by atoms with van der Waals surface area (Å²) in [5.41, 5.74) is 2.81. The van der Waals surface area contributed by atoms with Crippen LogP contribution in [0.2, 0.25) is 5.02 Å². The van der Waals surface area contributed by atoms with Crippen LogP contribution in [0.3, 0.4) is 0 Å². The molecule has 1 aliphatic rings. The summed E-state index contributed by atoms with van der Waals surface area (Å²) in [5.74, 6) is -0.0266. The number of carbonyl (C=O) groups is 1. The molecule has 5 nitrogen and oxygen atoms in total. The highest BCUT2D eigenvalue weighted by atomic mass is 35.5. The van der Waals surface area contributed by atoms with Crippen molar-refractivity contribution in [3.05, 3.63) is 70.8 Å². The summed E-state index contributed by atoms with van der Waals surface area (Å²) in [7, 11) is -2.17. The largest absolute Gasteiger partial charge is 0.355 e. The predicted octanol–water partition coefficient (Wildman–Crippen LogP) is 4.71. The standard InChI is InChI=1S/C23H27ClN2O3S/c1-26(30(28,29)22-13-9-20(24)10-14-22)21-11-7-19(8-12-21)17-23(27)25-16-15-18-5-3-2-4-6-18/h5,7-14H,2-4,6,15-17H2,1H3,(H,25,27). The second-order valence-corrected chi connectivity index (χ2v) is 9.88. The summed E-state index contributed by atoms with van der Waals surface area (Å²) >= 11 is 5.84. The normalized spacial score (nSPS) is 14.1. The van der Waals surface area contributed by atoms with Crippen LogP contribution < -0.4 is 9.62 Å². The first kappa shape index (κ1) is 22.4. The SMILES string of the molecule is CN(c1ccc(CC(=O)NCCC2=CCCCC2)cc1)S(=O)(=O)c1ccc(Cl)cc1. The molecule has 0 aliphatic heterocycles. The van der Waals surface area contributed by atoms with Crippen LogP contribution in [-0.4, -0.2) is 27.9 Å². The van der Waals surface area contributed by atoms with E-state index in [0.29, 0.717) is 17.3 Å². The van der Waals surface area contributed by atoms with Crippen LogP contribution in [0.15, 0.2) is 65.1 Å². The van der Waals surface area contributed by atoms with E-state index in [9.17, 15) is 13.2 Å². The molecule has 0 bridgehead atoms. The Bertz CT molecular complexity index is 1000. The number of anilines is 1. The molecule has 0 fully saturated rings. The van der Waals surface area contributed by atoms with Crippen molar-refractivity contribution >= 4 is 33.2 Å². The maximum Gasteiger partial charge on any atom is 0.264 e. The van der Waals surface area contributed by atoms with Gasteiger partial charge in [0.2, 0.25) is 5.91 Å². The molecule has 7 heteroatoms. The lowest BCUT2D eigenvalue weighted by molar-refractivity contribution is -0.120. The lowest BCUT2D eigenvalue weighted by Crippen LogP contribution is -2.27. The Balaban J connectivity index is 1.55. The maximum atomic E-state index is 12.8. The number of hydrogen-bond donors (Lipinski definition) is 1. The molecular weight excluding hydrogens is 420 g/mol. The van der Waals surface area contributed by atoms with Crippen molar-refractivity contribution in [3.63, 3.8) is 0 Å². The van der Waals surface area contributed by atoms with Crippen molar-refractivity contribution in [1.29, 1.82) is 0 Å². The van der Waals surface area contributed by atoms with Crippen LogP contribution in [0, 0.1) is 0 Å². The Kier molecular flexibility index (Phi) is 7.56. The molecule has 1 amide bonds. The molecule has 0 radical (unpaired) electrons. The van der Waals surface area contributed by atoms with Crippen molar-refractivity contribution in [3.8, 4) is 0 Å². The van der Waals surface area contributed by atoms with Crippen molar-refractivity contribution in [2.24, 2.45) is 0 Å². The third-order valence-corrected chi connectivity index (χ3v) is 7.34. The molecule has 1 aliphatic carbocycles. The summed E-state index contributed by atoms with van der Waals surface area (Å²) < 4.78 is 26.8. The van der Waals surface area contributed by atoms with Crippen LogP contribution in [0.4, 0.5) is 5.69 Å². The molecule has 2 aromatic rings. The van der Waals surface area contributed by atoms with Gasteiger partial charge in [0.1, 0.15) is 0 Å². The molecule has 0 aromatic heterocycles. The fraction of sp³-hybridized carbons (Fsp3) is 0.348. The fourth-order valence-electron chi connectivity index (χ4n) is 3.47. The van der Waals surface area contributed by atoms with Gasteiger partial charge in [-0.1, -0.05) is 35.4 Å². The first-order valence-corrected chi connectivity index (χ1v) is 12.0. The lowest BCUT2D eigenvalue weighted by Gasteiger charge is -2.20. The van der Waals surface area contributed by atoms with Gasteiger partial charge in [0.05, 0.1) is 17.0 Å². The predicted molar refractivity (Wildman–Crippen MR) is 121 cm³/mol. The van der Waals surface area contributed by atoms with E-state index >= 15 is 0 Å². The van der Waals surface area contributed by atoms with Gasteiger partial charge >= 0.3 is 0 Å². The summed E-state index contributed by atoms with van der Waals surface area (Å²) in [6, 6.07) is 13.1. The van der Waals surface area contributed by atoms with Gasteiger partial charge in [0, 0.05) is 18.6 Å². The molecule has 3 rings (SSSR count). The number of nitrogens with one attached hydrogen (secondary N) is 1. The van der Waals surface area contributed by atoms with Gasteiger partial charge in [-0.05, 0) is 74.1 Å². The van der Waals surface area contributed by atoms with Crippen LogP contribution in [0.1, 0.15) is 37.7 Å². The van der Waals surface area contributed by atoms with Crippen LogP contribution in [0.5, 0.6) is 0 Å². The van der Waals surface area contributed by atoms with E-state index in [-0.39, 0.29) is 17.2 Å². The Morgan fingerprint density at radius 3 is 2.40 bits per heavy atom. The van der Waals surface area contributed by atoms with E-state index in [1.807, 2.05) is 0 Å². The zero-order valence-electron chi connectivity index (χ0n) is 17.1. The molecule has 0 saturated heterocycles. The highest BCUT2D eigenvalue weighted by molar-refractivity contribution is 7.92. The Morgan fingerprint density at radius 1 is 1.07 bits per heavy atom. The van der Waals surface area contributed by atoms with Gasteiger partial charge in [-0.3, -0.25) is 9.10 Å². The Morgan fingerprint density at radius 2 is 1.77 bits per heavy atom. The molecule has 2 aromatic carbocycles. The van der Waals surface area contributed by atoms with Gasteiger partial charge in [-0.25, -0.2) is 8.42 Å². The molecule has 0 unspecified atom stereocenters. The van der Waals surface area contributed by atoms with Crippen molar-refractivity contribution in [2.75, 3.05) is 17.9 Å². The summed E-state index contributed by atoms with van der Waals surface area (Å²) in [6.07, 6.45) is 8.28. The van der Waals surface area contributed by atoms with E-state index < -0.39 is 10.0 Å². The minimum Gasteiger partial charge on any atom is -0.355 e. The molecule has 30 heavy (non-hydrogen) atoms. The monoisotopic (exact) mass is 446 g/mol. The number of halogens is 1. The zero-order valence-corrected chi connectivity index (χ0v) is 18.7. The number of sulfonamides is 1. The molecule has 0 saturated carbocycles. The average molecular weight is 447 g/mol. The van der Waals surface area contributed by atoms with Gasteiger partial charge in [-0.2, -0.15) is 0 Å².